The first kappa shape index (κ1) is 27.4. The minimum atomic E-state index is 0.112. The summed E-state index contributed by atoms with van der Waals surface area (Å²) in [6, 6.07) is 1.96. The van der Waals surface area contributed by atoms with Gasteiger partial charge in [0, 0.05) is 36.8 Å². The SMILES string of the molecule is CC(C)N1CCOCC1=O.CC1CCN(C(C)(C)C)C1.CCC1CCCN1C(C)C. The number of morpholine rings is 1. The smallest absolute Gasteiger partial charge is 0.248 e. The fraction of sp³-hybridized carbons (Fsp3) is 0.960. The summed E-state index contributed by atoms with van der Waals surface area (Å²) in [5.74, 6) is 1.03. The summed E-state index contributed by atoms with van der Waals surface area (Å²) in [7, 11) is 0. The van der Waals surface area contributed by atoms with Gasteiger partial charge >= 0.3 is 0 Å². The van der Waals surface area contributed by atoms with Crippen LogP contribution in [-0.2, 0) is 9.53 Å². The van der Waals surface area contributed by atoms with E-state index < -0.39 is 0 Å². The van der Waals surface area contributed by atoms with Crippen LogP contribution in [0.25, 0.3) is 0 Å². The Kier molecular flexibility index (Phi) is 11.9. The molecule has 0 radical (unpaired) electrons. The summed E-state index contributed by atoms with van der Waals surface area (Å²) in [6.07, 6.45) is 5.56. The predicted octanol–water partition coefficient (Wildman–Crippen LogP) is 4.65. The first-order valence-corrected chi connectivity index (χ1v) is 12.3. The molecule has 3 aliphatic heterocycles. The standard InChI is InChI=1S/2C9H19N.C7H13NO2/c1-8-5-6-10(7-8)9(2,3)4;1-4-9-6-5-7-10(9)8(2)3;1-6(2)8-3-4-10-5-7(8)9/h8H,5-7H2,1-4H3;8-9H,4-7H2,1-3H3;6H,3-5H2,1-2H3. The Morgan fingerprint density at radius 1 is 1.03 bits per heavy atom. The first-order valence-electron chi connectivity index (χ1n) is 12.3. The van der Waals surface area contributed by atoms with Gasteiger partial charge in [0.25, 0.3) is 0 Å². The van der Waals surface area contributed by atoms with Crippen LogP contribution in [-0.4, -0.2) is 83.7 Å². The lowest BCUT2D eigenvalue weighted by molar-refractivity contribution is -0.144. The summed E-state index contributed by atoms with van der Waals surface area (Å²) in [6.45, 7) is 25.8. The van der Waals surface area contributed by atoms with Crippen molar-refractivity contribution in [1.29, 1.82) is 0 Å². The number of carbonyl (C=O) groups excluding carboxylic acids is 1. The molecule has 3 rings (SSSR count). The third-order valence-electron chi connectivity index (χ3n) is 6.58. The van der Waals surface area contributed by atoms with Crippen LogP contribution >= 0.6 is 0 Å². The molecule has 2 atom stereocenters. The molecule has 3 fully saturated rings. The maximum absolute atomic E-state index is 11.0. The fourth-order valence-electron chi connectivity index (χ4n) is 4.60. The van der Waals surface area contributed by atoms with Gasteiger partial charge in [-0.1, -0.05) is 13.8 Å². The van der Waals surface area contributed by atoms with Crippen molar-refractivity contribution in [2.75, 3.05) is 39.4 Å². The predicted molar refractivity (Wildman–Crippen MR) is 128 cm³/mol. The van der Waals surface area contributed by atoms with Crippen molar-refractivity contribution in [3.63, 3.8) is 0 Å². The van der Waals surface area contributed by atoms with E-state index in [-0.39, 0.29) is 12.5 Å². The highest BCUT2D eigenvalue weighted by atomic mass is 16.5. The highest BCUT2D eigenvalue weighted by Crippen LogP contribution is 2.23. The van der Waals surface area contributed by atoms with Crippen LogP contribution in [0.4, 0.5) is 0 Å². The monoisotopic (exact) mass is 425 g/mol. The Morgan fingerprint density at radius 2 is 1.70 bits per heavy atom. The van der Waals surface area contributed by atoms with Gasteiger partial charge in [0.2, 0.25) is 5.91 Å². The molecular formula is C25H51N3O2. The van der Waals surface area contributed by atoms with Crippen LogP contribution in [0.5, 0.6) is 0 Å². The van der Waals surface area contributed by atoms with Crippen molar-refractivity contribution >= 4 is 5.91 Å². The molecule has 0 aromatic carbocycles. The normalized spacial score (nSPS) is 26.0. The van der Waals surface area contributed by atoms with Gasteiger partial charge in [0.05, 0.1) is 6.61 Å². The minimum Gasteiger partial charge on any atom is -0.370 e. The topological polar surface area (TPSA) is 36.0 Å². The molecule has 0 aromatic heterocycles. The van der Waals surface area contributed by atoms with Crippen molar-refractivity contribution in [1.82, 2.24) is 14.7 Å². The largest absolute Gasteiger partial charge is 0.370 e. The number of ether oxygens (including phenoxy) is 1. The van der Waals surface area contributed by atoms with E-state index in [1.54, 1.807) is 0 Å². The maximum atomic E-state index is 11.0. The van der Waals surface area contributed by atoms with Gasteiger partial charge in [-0.05, 0) is 93.2 Å². The van der Waals surface area contributed by atoms with Gasteiger partial charge in [-0.25, -0.2) is 0 Å². The van der Waals surface area contributed by atoms with Crippen molar-refractivity contribution in [3.8, 4) is 0 Å². The zero-order chi connectivity index (χ0) is 22.9. The lowest BCUT2D eigenvalue weighted by Crippen LogP contribution is -2.45. The molecular weight excluding hydrogens is 374 g/mol. The molecule has 5 heteroatoms. The van der Waals surface area contributed by atoms with Crippen LogP contribution in [0, 0.1) is 5.92 Å². The molecule has 1 amide bonds. The molecule has 0 aliphatic carbocycles. The van der Waals surface area contributed by atoms with Crippen LogP contribution in [0.2, 0.25) is 0 Å². The van der Waals surface area contributed by atoms with E-state index in [4.69, 9.17) is 4.74 Å². The van der Waals surface area contributed by atoms with Gasteiger partial charge in [-0.15, -0.1) is 0 Å². The second-order valence-electron chi connectivity index (χ2n) is 10.8. The van der Waals surface area contributed by atoms with Crippen LogP contribution in [0.15, 0.2) is 0 Å². The van der Waals surface area contributed by atoms with Gasteiger partial charge < -0.3 is 9.64 Å². The number of carbonyl (C=O) groups is 1. The minimum absolute atomic E-state index is 0.112. The van der Waals surface area contributed by atoms with Gasteiger partial charge in [-0.3, -0.25) is 14.6 Å². The van der Waals surface area contributed by atoms with Crippen LogP contribution in [0.1, 0.15) is 88.0 Å². The molecule has 3 aliphatic rings. The number of nitrogens with zero attached hydrogens (tertiary/aromatic N) is 3. The number of likely N-dealkylation sites (tertiary alicyclic amines) is 2. The van der Waals surface area contributed by atoms with Crippen molar-refractivity contribution in [2.24, 2.45) is 5.92 Å². The van der Waals surface area contributed by atoms with Crippen LogP contribution in [0.3, 0.4) is 0 Å². The first-order chi connectivity index (χ1) is 14.0. The molecule has 30 heavy (non-hydrogen) atoms. The molecule has 5 nitrogen and oxygen atoms in total. The van der Waals surface area contributed by atoms with E-state index in [0.717, 1.165) is 24.5 Å². The summed E-state index contributed by atoms with van der Waals surface area (Å²) in [5.41, 5.74) is 0.394. The Hall–Kier alpha value is -0.650. The summed E-state index contributed by atoms with van der Waals surface area (Å²) in [4.78, 5) is 18.1. The summed E-state index contributed by atoms with van der Waals surface area (Å²) in [5, 5.41) is 0. The molecule has 0 aromatic rings. The van der Waals surface area contributed by atoms with Gasteiger partial charge in [0.1, 0.15) is 6.61 Å². The molecule has 0 N–H and O–H groups in total. The van der Waals surface area contributed by atoms with Crippen molar-refractivity contribution in [2.45, 2.75) is 112 Å². The highest BCUT2D eigenvalue weighted by Gasteiger charge is 2.27. The van der Waals surface area contributed by atoms with Gasteiger partial charge in [-0.2, -0.15) is 0 Å². The average Bonchev–Trinajstić information content (AvgIpc) is 3.31. The van der Waals surface area contributed by atoms with Crippen molar-refractivity contribution in [3.05, 3.63) is 0 Å². The third kappa shape index (κ3) is 9.23. The zero-order valence-corrected chi connectivity index (χ0v) is 21.5. The van der Waals surface area contributed by atoms with E-state index in [1.165, 1.54) is 45.3 Å². The average molecular weight is 426 g/mol. The Balaban J connectivity index is 0.000000225. The third-order valence-corrected chi connectivity index (χ3v) is 6.58. The second-order valence-corrected chi connectivity index (χ2v) is 10.8. The Labute approximate surface area is 187 Å². The molecule has 2 unspecified atom stereocenters. The summed E-state index contributed by atoms with van der Waals surface area (Å²) < 4.78 is 4.97. The van der Waals surface area contributed by atoms with Crippen molar-refractivity contribution < 1.29 is 9.53 Å². The molecule has 0 bridgehead atoms. The van der Waals surface area contributed by atoms with E-state index in [1.807, 2.05) is 18.7 Å². The van der Waals surface area contributed by atoms with Gasteiger partial charge in [0.15, 0.2) is 0 Å². The lowest BCUT2D eigenvalue weighted by atomic mass is 10.1. The fourth-order valence-corrected chi connectivity index (χ4v) is 4.60. The zero-order valence-electron chi connectivity index (χ0n) is 21.5. The number of rotatable bonds is 3. The molecule has 178 valence electrons. The Bertz CT molecular complexity index is 487. The van der Waals surface area contributed by atoms with E-state index in [0.29, 0.717) is 18.2 Å². The molecule has 3 saturated heterocycles. The lowest BCUT2D eigenvalue weighted by Gasteiger charge is -2.31. The van der Waals surface area contributed by atoms with E-state index in [2.05, 4.69) is 58.3 Å². The number of amides is 1. The number of hydrogen-bond acceptors (Lipinski definition) is 4. The number of hydrogen-bond donors (Lipinski definition) is 0. The Morgan fingerprint density at radius 3 is 2.03 bits per heavy atom. The van der Waals surface area contributed by atoms with Crippen LogP contribution < -0.4 is 0 Å². The van der Waals surface area contributed by atoms with E-state index >= 15 is 0 Å². The summed E-state index contributed by atoms with van der Waals surface area (Å²) >= 11 is 0. The molecule has 0 spiro atoms. The van der Waals surface area contributed by atoms with E-state index in [9.17, 15) is 4.79 Å². The molecule has 0 saturated carbocycles. The second kappa shape index (κ2) is 13.0. The molecule has 3 heterocycles. The highest BCUT2D eigenvalue weighted by molar-refractivity contribution is 5.78. The maximum Gasteiger partial charge on any atom is 0.248 e. The quantitative estimate of drug-likeness (QED) is 0.659.